The van der Waals surface area contributed by atoms with E-state index < -0.39 is 6.03 Å². The molecule has 0 atom stereocenters. The van der Waals surface area contributed by atoms with Crippen LogP contribution in [0, 0.1) is 0 Å². The van der Waals surface area contributed by atoms with Crippen LogP contribution >= 0.6 is 11.3 Å². The molecule has 13 heavy (non-hydrogen) atoms. The molecule has 1 aromatic rings. The van der Waals surface area contributed by atoms with Crippen molar-refractivity contribution >= 4 is 23.4 Å². The molecule has 0 aliphatic carbocycles. The fourth-order valence-corrected chi connectivity index (χ4v) is 1.45. The first kappa shape index (κ1) is 9.76. The third kappa shape index (κ3) is 2.57. The number of allylic oxidation sites excluding steroid dienone is 1. The molecule has 1 aromatic heterocycles. The minimum absolute atomic E-state index is 0.394. The number of carbonyl (C=O) groups is 1. The lowest BCUT2D eigenvalue weighted by Gasteiger charge is -2.11. The van der Waals surface area contributed by atoms with Gasteiger partial charge in [0.25, 0.3) is 0 Å². The Morgan fingerprint density at radius 1 is 1.77 bits per heavy atom. The quantitative estimate of drug-likeness (QED) is 0.562. The van der Waals surface area contributed by atoms with Crippen molar-refractivity contribution in [2.24, 2.45) is 5.73 Å². The summed E-state index contributed by atoms with van der Waals surface area (Å²) in [7, 11) is 0. The zero-order chi connectivity index (χ0) is 9.84. The summed E-state index contributed by atoms with van der Waals surface area (Å²) in [6.45, 7) is 1.60. The van der Waals surface area contributed by atoms with Crippen molar-refractivity contribution in [2.75, 3.05) is 0 Å². The number of nitrogens with zero attached hydrogens (tertiary/aromatic N) is 1. The van der Waals surface area contributed by atoms with E-state index in [4.69, 9.17) is 10.9 Å². The van der Waals surface area contributed by atoms with Gasteiger partial charge in [0.15, 0.2) is 0 Å². The van der Waals surface area contributed by atoms with Crippen LogP contribution in [0.5, 0.6) is 0 Å². The van der Waals surface area contributed by atoms with Gasteiger partial charge in [0.2, 0.25) is 0 Å². The fraction of sp³-hybridized carbons (Fsp3) is 0.125. The van der Waals surface area contributed by atoms with E-state index in [1.807, 2.05) is 16.8 Å². The third-order valence-electron chi connectivity index (χ3n) is 1.46. The number of hydrogen-bond donors (Lipinski definition) is 2. The maximum atomic E-state index is 10.5. The maximum Gasteiger partial charge on any atom is 0.343 e. The zero-order valence-electron chi connectivity index (χ0n) is 7.10. The number of rotatable bonds is 2. The summed E-state index contributed by atoms with van der Waals surface area (Å²) in [6, 6.07) is 0.993. The molecule has 0 radical (unpaired) electrons. The average Bonchev–Trinajstić information content (AvgIpc) is 2.55. The Morgan fingerprint density at radius 2 is 2.46 bits per heavy atom. The van der Waals surface area contributed by atoms with E-state index in [0.717, 1.165) is 5.56 Å². The van der Waals surface area contributed by atoms with Crippen molar-refractivity contribution in [1.29, 1.82) is 0 Å². The number of carbonyl (C=O) groups excluding carboxylic acids is 1. The highest BCUT2D eigenvalue weighted by Gasteiger charge is 2.06. The molecule has 0 unspecified atom stereocenters. The molecule has 3 N–H and O–H groups in total. The third-order valence-corrected chi connectivity index (χ3v) is 2.16. The first-order chi connectivity index (χ1) is 6.11. The molecule has 0 aliphatic rings. The van der Waals surface area contributed by atoms with E-state index in [1.54, 1.807) is 24.3 Å². The molecule has 0 saturated carbocycles. The van der Waals surface area contributed by atoms with Crippen LogP contribution in [-0.4, -0.2) is 16.3 Å². The van der Waals surface area contributed by atoms with Crippen LogP contribution in [0.3, 0.4) is 0 Å². The van der Waals surface area contributed by atoms with E-state index in [1.165, 1.54) is 0 Å². The molecule has 4 nitrogen and oxygen atoms in total. The highest BCUT2D eigenvalue weighted by Crippen LogP contribution is 2.12. The molecule has 2 amide bonds. The van der Waals surface area contributed by atoms with Crippen molar-refractivity contribution in [3.05, 3.63) is 28.1 Å². The Hall–Kier alpha value is -1.33. The summed E-state index contributed by atoms with van der Waals surface area (Å²) in [4.78, 5) is 10.5. The van der Waals surface area contributed by atoms with Crippen molar-refractivity contribution in [2.45, 2.75) is 6.92 Å². The number of primary amides is 1. The van der Waals surface area contributed by atoms with Gasteiger partial charge >= 0.3 is 6.03 Å². The predicted octanol–water partition coefficient (Wildman–Crippen LogP) is 1.88. The molecule has 0 fully saturated rings. The minimum Gasteiger partial charge on any atom is -0.349 e. The van der Waals surface area contributed by atoms with E-state index in [9.17, 15) is 4.79 Å². The van der Waals surface area contributed by atoms with Gasteiger partial charge in [-0.05, 0) is 35.4 Å². The monoisotopic (exact) mass is 198 g/mol. The molecular weight excluding hydrogens is 188 g/mol. The molecule has 0 bridgehead atoms. The summed E-state index contributed by atoms with van der Waals surface area (Å²) in [5.74, 6) is 0. The van der Waals surface area contributed by atoms with Crippen LogP contribution in [0.15, 0.2) is 22.5 Å². The van der Waals surface area contributed by atoms with Gasteiger partial charge in [-0.2, -0.15) is 16.4 Å². The van der Waals surface area contributed by atoms with Crippen molar-refractivity contribution in [3.8, 4) is 0 Å². The Balaban J connectivity index is 2.78. The lowest BCUT2D eigenvalue weighted by molar-refractivity contribution is -0.00440. The number of amides is 2. The van der Waals surface area contributed by atoms with E-state index >= 15 is 0 Å². The smallest absolute Gasteiger partial charge is 0.343 e. The van der Waals surface area contributed by atoms with Crippen LogP contribution < -0.4 is 5.73 Å². The van der Waals surface area contributed by atoms with Crippen LogP contribution in [0.2, 0.25) is 0 Å². The normalized spacial score (nSPS) is 11.4. The van der Waals surface area contributed by atoms with Gasteiger partial charge in [-0.1, -0.05) is 0 Å². The summed E-state index contributed by atoms with van der Waals surface area (Å²) in [5.41, 5.74) is 6.19. The Bertz CT molecular complexity index is 319. The van der Waals surface area contributed by atoms with Gasteiger partial charge in [0, 0.05) is 5.70 Å². The summed E-state index contributed by atoms with van der Waals surface area (Å²) in [6.07, 6.45) is 1.67. The van der Waals surface area contributed by atoms with E-state index in [0.29, 0.717) is 10.8 Å². The molecule has 0 spiro atoms. The number of hydrogen-bond acceptors (Lipinski definition) is 3. The van der Waals surface area contributed by atoms with Crippen molar-refractivity contribution in [1.82, 2.24) is 5.06 Å². The van der Waals surface area contributed by atoms with Gasteiger partial charge < -0.3 is 5.73 Å². The van der Waals surface area contributed by atoms with Crippen LogP contribution in [0.4, 0.5) is 4.79 Å². The average molecular weight is 198 g/mol. The topological polar surface area (TPSA) is 66.6 Å². The van der Waals surface area contributed by atoms with Gasteiger partial charge in [0.1, 0.15) is 0 Å². The molecule has 0 aliphatic heterocycles. The molecule has 0 saturated heterocycles. The lowest BCUT2D eigenvalue weighted by Crippen LogP contribution is -2.30. The second-order valence-corrected chi connectivity index (χ2v) is 3.27. The van der Waals surface area contributed by atoms with Crippen LogP contribution in [0.25, 0.3) is 6.08 Å². The molecule has 5 heteroatoms. The predicted molar refractivity (Wildman–Crippen MR) is 51.2 cm³/mol. The number of nitrogens with two attached hydrogens (primary N) is 1. The highest BCUT2D eigenvalue weighted by atomic mass is 32.1. The fourth-order valence-electron chi connectivity index (χ4n) is 0.833. The van der Waals surface area contributed by atoms with E-state index in [-0.39, 0.29) is 0 Å². The molecular formula is C8H10N2O2S. The Morgan fingerprint density at radius 3 is 2.92 bits per heavy atom. The summed E-state index contributed by atoms with van der Waals surface area (Å²) >= 11 is 1.54. The number of thiophene rings is 1. The van der Waals surface area contributed by atoms with Gasteiger partial charge in [-0.3, -0.25) is 5.21 Å². The lowest BCUT2D eigenvalue weighted by atomic mass is 10.3. The van der Waals surface area contributed by atoms with E-state index in [2.05, 4.69) is 0 Å². The Labute approximate surface area is 79.9 Å². The van der Waals surface area contributed by atoms with Gasteiger partial charge in [0.05, 0.1) is 0 Å². The zero-order valence-corrected chi connectivity index (χ0v) is 7.91. The molecule has 0 aromatic carbocycles. The second-order valence-electron chi connectivity index (χ2n) is 2.49. The molecule has 1 rings (SSSR count). The first-order valence-corrected chi connectivity index (χ1v) is 4.54. The van der Waals surface area contributed by atoms with Crippen LogP contribution in [0.1, 0.15) is 12.5 Å². The van der Waals surface area contributed by atoms with Crippen molar-refractivity contribution < 1.29 is 10.0 Å². The Kier molecular flexibility index (Phi) is 3.05. The minimum atomic E-state index is -0.885. The SMILES string of the molecule is CC(=Cc1ccsc1)N(O)C(N)=O. The number of urea groups is 1. The summed E-state index contributed by atoms with van der Waals surface area (Å²) < 4.78 is 0. The summed E-state index contributed by atoms with van der Waals surface area (Å²) in [5, 5.41) is 13.3. The number of hydroxylamine groups is 2. The largest absolute Gasteiger partial charge is 0.349 e. The second kappa shape index (κ2) is 4.06. The first-order valence-electron chi connectivity index (χ1n) is 3.60. The maximum absolute atomic E-state index is 10.5. The van der Waals surface area contributed by atoms with Crippen molar-refractivity contribution in [3.63, 3.8) is 0 Å². The highest BCUT2D eigenvalue weighted by molar-refractivity contribution is 7.08. The molecule has 1 heterocycles. The molecule has 70 valence electrons. The van der Waals surface area contributed by atoms with Crippen LogP contribution in [-0.2, 0) is 0 Å². The standard InChI is InChI=1S/C8H10N2O2S/c1-6(10(12)8(9)11)4-7-2-3-13-5-7/h2-5,12H,1H3,(H2,9,11). The van der Waals surface area contributed by atoms with Gasteiger partial charge in [-0.25, -0.2) is 4.79 Å². The van der Waals surface area contributed by atoms with Gasteiger partial charge in [-0.15, -0.1) is 0 Å².